The molecular formula is C52H58Br2N2O4. The molecule has 0 aromatic heterocycles. The molecule has 0 saturated carbocycles. The second kappa shape index (κ2) is 27.2. The molecule has 0 amide bonds. The third kappa shape index (κ3) is 16.7. The Labute approximate surface area is 375 Å². The molecule has 0 bridgehead atoms. The molecule has 0 aliphatic carbocycles. The lowest BCUT2D eigenvalue weighted by Crippen LogP contribution is -2.01. The van der Waals surface area contributed by atoms with Crippen molar-refractivity contribution < 1.29 is 18.9 Å². The lowest BCUT2D eigenvalue weighted by molar-refractivity contribution is 0.292. The van der Waals surface area contributed by atoms with Gasteiger partial charge in [-0.25, -0.2) is 0 Å². The zero-order chi connectivity index (χ0) is 42.0. The summed E-state index contributed by atoms with van der Waals surface area (Å²) in [4.78, 5) is 0. The van der Waals surface area contributed by atoms with Crippen LogP contribution in [0.2, 0.25) is 0 Å². The Hall–Kier alpha value is -4.76. The molecule has 0 aliphatic heterocycles. The third-order valence-electron chi connectivity index (χ3n) is 10.5. The summed E-state index contributed by atoms with van der Waals surface area (Å²) in [6, 6.07) is 40.0. The molecule has 5 aromatic rings. The van der Waals surface area contributed by atoms with Crippen molar-refractivity contribution in [1.29, 1.82) is 10.5 Å². The number of hydrogen-bond acceptors (Lipinski definition) is 6. The maximum absolute atomic E-state index is 8.99. The number of ether oxygens (including phenoxy) is 4. The van der Waals surface area contributed by atoms with Crippen LogP contribution in [0.15, 0.2) is 118 Å². The van der Waals surface area contributed by atoms with Crippen LogP contribution in [0.25, 0.3) is 22.3 Å². The van der Waals surface area contributed by atoms with E-state index >= 15 is 0 Å². The van der Waals surface area contributed by atoms with E-state index in [0.29, 0.717) is 24.3 Å². The standard InChI is InChI=1S/C52H58Br2N2O4/c53-49-38-52(60-36-16-12-8-4-2-6-10-14-34-58-48-31-27-46(28-32-48)44-23-19-42(40-56)20-24-44)50(54)37-51(49)59-35-15-11-7-3-1-5-9-13-33-57-47-29-25-45(26-30-47)43-21-17-41(39-55)18-22-43/h17-32,37-38H,1-16,33-36H2. The van der Waals surface area contributed by atoms with Crippen LogP contribution in [0.3, 0.4) is 0 Å². The van der Waals surface area contributed by atoms with Crippen LogP contribution < -0.4 is 18.9 Å². The number of nitriles is 2. The largest absolute Gasteiger partial charge is 0.494 e. The summed E-state index contributed by atoms with van der Waals surface area (Å²) >= 11 is 7.36. The SMILES string of the molecule is N#Cc1ccc(-c2ccc(OCCCCCCCCCCOc3cc(Br)c(OCCCCCCCCCCOc4ccc(-c5ccc(C#N)cc5)cc4)cc3Br)cc2)cc1. The summed E-state index contributed by atoms with van der Waals surface area (Å²) in [5.74, 6) is 3.50. The Bertz CT molecular complexity index is 1900. The molecule has 5 aromatic carbocycles. The molecule has 0 atom stereocenters. The van der Waals surface area contributed by atoms with Gasteiger partial charge in [0.05, 0.1) is 58.6 Å². The molecule has 0 N–H and O–H groups in total. The van der Waals surface area contributed by atoms with Crippen LogP contribution in [0.1, 0.15) is 114 Å². The maximum Gasteiger partial charge on any atom is 0.134 e. The fourth-order valence-electron chi connectivity index (χ4n) is 6.97. The van der Waals surface area contributed by atoms with Crippen molar-refractivity contribution in [1.82, 2.24) is 0 Å². The van der Waals surface area contributed by atoms with Gasteiger partial charge in [0.2, 0.25) is 0 Å². The van der Waals surface area contributed by atoms with E-state index in [1.54, 1.807) is 0 Å². The molecule has 0 aliphatic rings. The van der Waals surface area contributed by atoms with Crippen LogP contribution in [0, 0.1) is 22.7 Å². The van der Waals surface area contributed by atoms with Crippen molar-refractivity contribution in [2.75, 3.05) is 26.4 Å². The summed E-state index contributed by atoms with van der Waals surface area (Å²) < 4.78 is 26.0. The summed E-state index contributed by atoms with van der Waals surface area (Å²) in [5, 5.41) is 18.0. The highest BCUT2D eigenvalue weighted by Crippen LogP contribution is 2.36. The van der Waals surface area contributed by atoms with Crippen LogP contribution in [0.4, 0.5) is 0 Å². The van der Waals surface area contributed by atoms with Gasteiger partial charge >= 0.3 is 0 Å². The van der Waals surface area contributed by atoms with E-state index in [2.05, 4.69) is 68.3 Å². The Morgan fingerprint density at radius 1 is 0.333 bits per heavy atom. The number of hydrogen-bond donors (Lipinski definition) is 0. The summed E-state index contributed by atoms with van der Waals surface area (Å²) in [7, 11) is 0. The Kier molecular flexibility index (Phi) is 21.0. The van der Waals surface area contributed by atoms with Crippen molar-refractivity contribution in [3.05, 3.63) is 129 Å². The molecule has 0 saturated heterocycles. The van der Waals surface area contributed by atoms with Crippen molar-refractivity contribution >= 4 is 31.9 Å². The average molecular weight is 935 g/mol. The van der Waals surface area contributed by atoms with Gasteiger partial charge < -0.3 is 18.9 Å². The van der Waals surface area contributed by atoms with Gasteiger partial charge in [-0.2, -0.15) is 10.5 Å². The van der Waals surface area contributed by atoms with Gasteiger partial charge in [-0.15, -0.1) is 0 Å². The fraction of sp³-hybridized carbons (Fsp3) is 0.385. The van der Waals surface area contributed by atoms with Crippen molar-refractivity contribution in [3.63, 3.8) is 0 Å². The number of unbranched alkanes of at least 4 members (excludes halogenated alkanes) is 14. The fourth-order valence-corrected chi connectivity index (χ4v) is 7.84. The summed E-state index contributed by atoms with van der Waals surface area (Å²) in [6.07, 6.45) is 19.0. The predicted octanol–water partition coefficient (Wildman–Crippen LogP) is 15.4. The first-order valence-corrected chi connectivity index (χ1v) is 23.3. The first kappa shape index (κ1) is 46.3. The Morgan fingerprint density at radius 3 is 0.867 bits per heavy atom. The van der Waals surface area contributed by atoms with Crippen molar-refractivity contribution in [2.24, 2.45) is 0 Å². The number of nitrogens with zero attached hydrogens (tertiary/aromatic N) is 2. The number of rotatable bonds is 28. The van der Waals surface area contributed by atoms with Crippen LogP contribution in [-0.4, -0.2) is 26.4 Å². The van der Waals surface area contributed by atoms with Gasteiger partial charge in [0.1, 0.15) is 23.0 Å². The molecule has 5 rings (SSSR count). The van der Waals surface area contributed by atoms with Crippen LogP contribution in [0.5, 0.6) is 23.0 Å². The highest BCUT2D eigenvalue weighted by molar-refractivity contribution is 9.11. The highest BCUT2D eigenvalue weighted by Gasteiger charge is 2.10. The van der Waals surface area contributed by atoms with Gasteiger partial charge in [-0.1, -0.05) is 126 Å². The molecule has 60 heavy (non-hydrogen) atoms. The molecule has 0 spiro atoms. The first-order valence-electron chi connectivity index (χ1n) is 21.7. The average Bonchev–Trinajstić information content (AvgIpc) is 3.29. The topological polar surface area (TPSA) is 84.5 Å². The molecule has 314 valence electrons. The molecule has 8 heteroatoms. The minimum Gasteiger partial charge on any atom is -0.494 e. The van der Waals surface area contributed by atoms with Crippen LogP contribution >= 0.6 is 31.9 Å². The monoisotopic (exact) mass is 932 g/mol. The minimum absolute atomic E-state index is 0.674. The van der Waals surface area contributed by atoms with E-state index in [9.17, 15) is 0 Å². The first-order chi connectivity index (χ1) is 29.5. The second-order valence-electron chi connectivity index (χ2n) is 15.2. The van der Waals surface area contributed by atoms with E-state index in [0.717, 1.165) is 93.1 Å². The van der Waals surface area contributed by atoms with E-state index in [1.807, 2.05) is 84.9 Å². The van der Waals surface area contributed by atoms with Gasteiger partial charge in [-0.3, -0.25) is 0 Å². The van der Waals surface area contributed by atoms with E-state index in [1.165, 1.54) is 77.0 Å². The molecule has 0 unspecified atom stereocenters. The van der Waals surface area contributed by atoms with Crippen molar-refractivity contribution in [3.8, 4) is 57.4 Å². The maximum atomic E-state index is 8.99. The van der Waals surface area contributed by atoms with E-state index < -0.39 is 0 Å². The lowest BCUT2D eigenvalue weighted by Gasteiger charge is -2.13. The van der Waals surface area contributed by atoms with E-state index in [-0.39, 0.29) is 0 Å². The number of halogens is 2. The third-order valence-corrected chi connectivity index (χ3v) is 11.8. The lowest BCUT2D eigenvalue weighted by atomic mass is 10.0. The number of benzene rings is 5. The summed E-state index contributed by atoms with van der Waals surface area (Å²) in [5.41, 5.74) is 5.79. The van der Waals surface area contributed by atoms with Gasteiger partial charge in [0.15, 0.2) is 0 Å². The zero-order valence-electron chi connectivity index (χ0n) is 34.8. The smallest absolute Gasteiger partial charge is 0.134 e. The molecule has 0 fully saturated rings. The van der Waals surface area contributed by atoms with Gasteiger partial charge in [-0.05, 0) is 140 Å². The van der Waals surface area contributed by atoms with Gasteiger partial charge in [0.25, 0.3) is 0 Å². The van der Waals surface area contributed by atoms with Gasteiger partial charge in [0, 0.05) is 0 Å². The zero-order valence-corrected chi connectivity index (χ0v) is 38.0. The predicted molar refractivity (Wildman–Crippen MR) is 251 cm³/mol. The molecule has 6 nitrogen and oxygen atoms in total. The highest BCUT2D eigenvalue weighted by atomic mass is 79.9. The Balaban J connectivity index is 0.797. The molecule has 0 heterocycles. The molecule has 0 radical (unpaired) electrons. The van der Waals surface area contributed by atoms with E-state index in [4.69, 9.17) is 29.5 Å². The second-order valence-corrected chi connectivity index (χ2v) is 16.9. The van der Waals surface area contributed by atoms with Crippen molar-refractivity contribution in [2.45, 2.75) is 103 Å². The van der Waals surface area contributed by atoms with Crippen LogP contribution in [-0.2, 0) is 0 Å². The molecular weight excluding hydrogens is 876 g/mol. The normalized spacial score (nSPS) is 10.8. The Morgan fingerprint density at radius 2 is 0.583 bits per heavy atom. The quantitative estimate of drug-likeness (QED) is 0.0465. The minimum atomic E-state index is 0.674. The summed E-state index contributed by atoms with van der Waals surface area (Å²) in [6.45, 7) is 2.91.